The number of nitrogens with one attached hydrogen (secondary N) is 2. The lowest BCUT2D eigenvalue weighted by molar-refractivity contribution is 0.0922. The van der Waals surface area contributed by atoms with Crippen LogP contribution in [0.2, 0.25) is 0 Å². The second kappa shape index (κ2) is 7.96. The Hall–Kier alpha value is -2.63. The minimum atomic E-state index is -0.129. The van der Waals surface area contributed by atoms with Crippen LogP contribution >= 0.6 is 0 Å². The molecular weight excluding hydrogens is 316 g/mol. The van der Waals surface area contributed by atoms with E-state index in [1.165, 1.54) is 19.3 Å². The van der Waals surface area contributed by atoms with Crippen molar-refractivity contribution in [3.8, 4) is 5.75 Å². The molecule has 2 aromatic rings. The Kier molecular flexibility index (Phi) is 5.48. The number of methoxy groups -OCH3 is 1. The number of carbonyl (C=O) groups excluding carboxylic acids is 1. The van der Waals surface area contributed by atoms with Gasteiger partial charge in [0.15, 0.2) is 0 Å². The molecule has 132 valence electrons. The van der Waals surface area contributed by atoms with Gasteiger partial charge in [0, 0.05) is 17.4 Å². The molecule has 1 heterocycles. The number of amides is 1. The first-order valence-corrected chi connectivity index (χ1v) is 8.71. The number of ether oxygens (including phenoxy) is 1. The quantitative estimate of drug-likeness (QED) is 0.870. The van der Waals surface area contributed by atoms with E-state index in [9.17, 15) is 4.79 Å². The normalized spacial score (nSPS) is 14.8. The standard InChI is InChI=1S/C19H24N4O2/c1-13-12-17(18(24)21-14-6-4-3-5-7-14)23-19(20-13)22-15-8-10-16(25-2)11-9-15/h8-12,14H,3-7H2,1-2H3,(H,21,24)(H,20,22,23). The number of rotatable bonds is 5. The van der Waals surface area contributed by atoms with Gasteiger partial charge in [0.2, 0.25) is 5.95 Å². The van der Waals surface area contributed by atoms with E-state index in [2.05, 4.69) is 20.6 Å². The average molecular weight is 340 g/mol. The first-order chi connectivity index (χ1) is 12.1. The fourth-order valence-corrected chi connectivity index (χ4v) is 3.05. The smallest absolute Gasteiger partial charge is 0.270 e. The van der Waals surface area contributed by atoms with Crippen LogP contribution in [0.4, 0.5) is 11.6 Å². The predicted octanol–water partition coefficient (Wildman–Crippen LogP) is 3.60. The fourth-order valence-electron chi connectivity index (χ4n) is 3.05. The summed E-state index contributed by atoms with van der Waals surface area (Å²) in [6.45, 7) is 1.86. The first-order valence-electron chi connectivity index (χ1n) is 8.71. The average Bonchev–Trinajstić information content (AvgIpc) is 2.63. The Bertz CT molecular complexity index is 725. The van der Waals surface area contributed by atoms with Gasteiger partial charge in [-0.25, -0.2) is 9.97 Å². The van der Waals surface area contributed by atoms with Crippen molar-refractivity contribution in [2.24, 2.45) is 0 Å². The van der Waals surface area contributed by atoms with Gasteiger partial charge >= 0.3 is 0 Å². The van der Waals surface area contributed by atoms with E-state index >= 15 is 0 Å². The van der Waals surface area contributed by atoms with Crippen LogP contribution in [0.15, 0.2) is 30.3 Å². The molecule has 1 aliphatic carbocycles. The Morgan fingerprint density at radius 1 is 1.12 bits per heavy atom. The summed E-state index contributed by atoms with van der Waals surface area (Å²) in [5.74, 6) is 1.07. The summed E-state index contributed by atoms with van der Waals surface area (Å²) in [4.78, 5) is 21.2. The van der Waals surface area contributed by atoms with Crippen LogP contribution in [0.5, 0.6) is 5.75 Å². The summed E-state index contributed by atoms with van der Waals surface area (Å²) in [7, 11) is 1.63. The highest BCUT2D eigenvalue weighted by Crippen LogP contribution is 2.20. The summed E-state index contributed by atoms with van der Waals surface area (Å²) in [6.07, 6.45) is 5.71. The Labute approximate surface area is 148 Å². The zero-order chi connectivity index (χ0) is 17.6. The molecule has 0 spiro atoms. The number of nitrogens with zero attached hydrogens (tertiary/aromatic N) is 2. The number of anilines is 2. The van der Waals surface area contributed by atoms with Gasteiger partial charge in [-0.05, 0) is 50.1 Å². The van der Waals surface area contributed by atoms with Crippen LogP contribution in [0.25, 0.3) is 0 Å². The zero-order valence-electron chi connectivity index (χ0n) is 14.7. The second-order valence-electron chi connectivity index (χ2n) is 6.38. The van der Waals surface area contributed by atoms with Crippen LogP contribution in [0.3, 0.4) is 0 Å². The third-order valence-corrected chi connectivity index (χ3v) is 4.37. The highest BCUT2D eigenvalue weighted by atomic mass is 16.5. The van der Waals surface area contributed by atoms with E-state index in [1.54, 1.807) is 13.2 Å². The molecule has 25 heavy (non-hydrogen) atoms. The topological polar surface area (TPSA) is 76.1 Å². The van der Waals surface area contributed by atoms with Gasteiger partial charge in [-0.2, -0.15) is 0 Å². The molecule has 2 N–H and O–H groups in total. The molecule has 0 aliphatic heterocycles. The minimum Gasteiger partial charge on any atom is -0.497 e. The van der Waals surface area contributed by atoms with E-state index in [1.807, 2.05) is 31.2 Å². The molecular formula is C19H24N4O2. The Morgan fingerprint density at radius 3 is 2.52 bits per heavy atom. The number of hydrogen-bond donors (Lipinski definition) is 2. The minimum absolute atomic E-state index is 0.129. The van der Waals surface area contributed by atoms with Crippen LogP contribution in [-0.4, -0.2) is 29.0 Å². The van der Waals surface area contributed by atoms with Crippen LogP contribution in [-0.2, 0) is 0 Å². The van der Waals surface area contributed by atoms with E-state index in [0.717, 1.165) is 30.0 Å². The van der Waals surface area contributed by atoms with Crippen molar-refractivity contribution in [3.63, 3.8) is 0 Å². The zero-order valence-corrected chi connectivity index (χ0v) is 14.7. The first kappa shape index (κ1) is 17.2. The SMILES string of the molecule is COc1ccc(Nc2nc(C)cc(C(=O)NC3CCCCC3)n2)cc1. The molecule has 6 nitrogen and oxygen atoms in total. The van der Waals surface area contributed by atoms with Gasteiger partial charge in [-0.3, -0.25) is 4.79 Å². The van der Waals surface area contributed by atoms with Crippen LogP contribution < -0.4 is 15.4 Å². The summed E-state index contributed by atoms with van der Waals surface area (Å²) in [6, 6.07) is 9.45. The highest BCUT2D eigenvalue weighted by Gasteiger charge is 2.18. The van der Waals surface area contributed by atoms with Crippen molar-refractivity contribution < 1.29 is 9.53 Å². The summed E-state index contributed by atoms with van der Waals surface area (Å²) in [5, 5.41) is 6.23. The largest absolute Gasteiger partial charge is 0.497 e. The van der Waals surface area contributed by atoms with Gasteiger partial charge in [0.25, 0.3) is 5.91 Å². The molecule has 1 fully saturated rings. The molecule has 6 heteroatoms. The monoisotopic (exact) mass is 340 g/mol. The number of aromatic nitrogens is 2. The predicted molar refractivity (Wildman–Crippen MR) is 97.4 cm³/mol. The second-order valence-corrected chi connectivity index (χ2v) is 6.38. The molecule has 1 aromatic carbocycles. The van der Waals surface area contributed by atoms with E-state index < -0.39 is 0 Å². The molecule has 3 rings (SSSR count). The van der Waals surface area contributed by atoms with E-state index in [4.69, 9.17) is 4.74 Å². The molecule has 0 radical (unpaired) electrons. The van der Waals surface area contributed by atoms with Crippen molar-refractivity contribution in [2.45, 2.75) is 45.1 Å². The van der Waals surface area contributed by atoms with Crippen molar-refractivity contribution in [3.05, 3.63) is 41.7 Å². The Balaban J connectivity index is 1.71. The van der Waals surface area contributed by atoms with Crippen LogP contribution in [0, 0.1) is 6.92 Å². The maximum atomic E-state index is 12.5. The lowest BCUT2D eigenvalue weighted by Crippen LogP contribution is -2.36. The lowest BCUT2D eigenvalue weighted by Gasteiger charge is -2.22. The van der Waals surface area contributed by atoms with Gasteiger partial charge < -0.3 is 15.4 Å². The molecule has 0 atom stereocenters. The number of benzene rings is 1. The van der Waals surface area contributed by atoms with Gasteiger partial charge in [-0.15, -0.1) is 0 Å². The molecule has 1 saturated carbocycles. The molecule has 0 unspecified atom stereocenters. The van der Waals surface area contributed by atoms with E-state index in [0.29, 0.717) is 11.6 Å². The van der Waals surface area contributed by atoms with E-state index in [-0.39, 0.29) is 11.9 Å². The lowest BCUT2D eigenvalue weighted by atomic mass is 9.95. The van der Waals surface area contributed by atoms with Crippen LogP contribution in [0.1, 0.15) is 48.3 Å². The number of aryl methyl sites for hydroxylation is 1. The highest BCUT2D eigenvalue weighted by molar-refractivity contribution is 5.92. The Morgan fingerprint density at radius 2 is 1.84 bits per heavy atom. The molecule has 0 saturated heterocycles. The molecule has 1 amide bonds. The van der Waals surface area contributed by atoms with Gasteiger partial charge in [-0.1, -0.05) is 19.3 Å². The molecule has 1 aromatic heterocycles. The van der Waals surface area contributed by atoms with Crippen molar-refractivity contribution in [2.75, 3.05) is 12.4 Å². The van der Waals surface area contributed by atoms with Crippen molar-refractivity contribution in [1.82, 2.24) is 15.3 Å². The molecule has 0 bridgehead atoms. The third kappa shape index (κ3) is 4.68. The maximum absolute atomic E-state index is 12.5. The van der Waals surface area contributed by atoms with Crippen molar-refractivity contribution in [1.29, 1.82) is 0 Å². The van der Waals surface area contributed by atoms with Gasteiger partial charge in [0.1, 0.15) is 11.4 Å². The summed E-state index contributed by atoms with van der Waals surface area (Å²) >= 11 is 0. The third-order valence-electron chi connectivity index (χ3n) is 4.37. The summed E-state index contributed by atoms with van der Waals surface area (Å²) in [5.41, 5.74) is 1.99. The van der Waals surface area contributed by atoms with Gasteiger partial charge in [0.05, 0.1) is 7.11 Å². The number of carbonyl (C=O) groups is 1. The summed E-state index contributed by atoms with van der Waals surface area (Å²) < 4.78 is 5.15. The molecule has 1 aliphatic rings. The maximum Gasteiger partial charge on any atom is 0.270 e. The fraction of sp³-hybridized carbons (Fsp3) is 0.421. The van der Waals surface area contributed by atoms with Crippen molar-refractivity contribution >= 4 is 17.5 Å². The number of hydrogen-bond acceptors (Lipinski definition) is 5.